The molecule has 2 rings (SSSR count). The van der Waals surface area contributed by atoms with Crippen LogP contribution in [0, 0.1) is 0 Å². The summed E-state index contributed by atoms with van der Waals surface area (Å²) in [5.74, 6) is -0.813. The number of halogens is 4. The lowest BCUT2D eigenvalue weighted by Crippen LogP contribution is -2.51. The van der Waals surface area contributed by atoms with Crippen LogP contribution in [0.4, 0.5) is 17.6 Å². The number of carbonyl (C=O) groups excluding carboxylic acids is 1. The maximum atomic E-state index is 13.4. The van der Waals surface area contributed by atoms with Gasteiger partial charge in [0.2, 0.25) is 11.5 Å². The molecule has 0 aromatic heterocycles. The van der Waals surface area contributed by atoms with Gasteiger partial charge in [0.05, 0.1) is 19.8 Å². The van der Waals surface area contributed by atoms with Crippen molar-refractivity contribution in [1.82, 2.24) is 5.01 Å². The number of amides is 1. The average Bonchev–Trinajstić information content (AvgIpc) is 3.03. The maximum Gasteiger partial charge on any atom is 0.287 e. The van der Waals surface area contributed by atoms with Crippen LogP contribution in [0.25, 0.3) is 0 Å². The van der Waals surface area contributed by atoms with Gasteiger partial charge >= 0.3 is 0 Å². The highest BCUT2D eigenvalue weighted by Crippen LogP contribution is 2.41. The fourth-order valence-corrected chi connectivity index (χ4v) is 2.74. The van der Waals surface area contributed by atoms with Crippen molar-refractivity contribution in [2.45, 2.75) is 45.8 Å². The Morgan fingerprint density at radius 2 is 1.62 bits per heavy atom. The average molecular weight is 422 g/mol. The molecule has 162 valence electrons. The normalized spacial score (nSPS) is 19.0. The molecule has 7 nitrogen and oxygen atoms in total. The Kier molecular flexibility index (Phi) is 7.28. The van der Waals surface area contributed by atoms with Gasteiger partial charge in [-0.1, -0.05) is 0 Å². The molecular formula is C18H22F4N2O5. The van der Waals surface area contributed by atoms with Crippen molar-refractivity contribution in [3.8, 4) is 17.2 Å². The van der Waals surface area contributed by atoms with E-state index in [0.29, 0.717) is 0 Å². The van der Waals surface area contributed by atoms with Crippen molar-refractivity contribution in [1.29, 1.82) is 0 Å². The zero-order valence-electron chi connectivity index (χ0n) is 16.1. The predicted molar refractivity (Wildman–Crippen MR) is 95.1 cm³/mol. The Bertz CT molecular complexity index is 748. The number of rotatable bonds is 9. The van der Waals surface area contributed by atoms with Gasteiger partial charge in [-0.3, -0.25) is 4.79 Å². The van der Waals surface area contributed by atoms with Gasteiger partial charge in [0.25, 0.3) is 18.8 Å². The Morgan fingerprint density at radius 3 is 2.03 bits per heavy atom. The predicted octanol–water partition coefficient (Wildman–Crippen LogP) is 3.30. The summed E-state index contributed by atoms with van der Waals surface area (Å²) in [6.45, 7) is 5.73. The van der Waals surface area contributed by atoms with Gasteiger partial charge in [0.1, 0.15) is 5.71 Å². The van der Waals surface area contributed by atoms with E-state index >= 15 is 0 Å². The van der Waals surface area contributed by atoms with Crippen LogP contribution in [0.3, 0.4) is 0 Å². The van der Waals surface area contributed by atoms with Crippen LogP contribution in [0.15, 0.2) is 17.2 Å². The number of alkyl halides is 4. The fraction of sp³-hybridized carbons (Fsp3) is 0.556. The number of ether oxygens (including phenoxy) is 3. The second-order valence-corrected chi connectivity index (χ2v) is 5.97. The summed E-state index contributed by atoms with van der Waals surface area (Å²) in [6.07, 6.45) is -7.88. The van der Waals surface area contributed by atoms with Gasteiger partial charge in [-0.15, -0.1) is 0 Å². The zero-order chi connectivity index (χ0) is 21.8. The number of nitrogens with zero attached hydrogens (tertiary/aromatic N) is 2. The molecule has 1 amide bonds. The number of hydrogen-bond acceptors (Lipinski definition) is 6. The van der Waals surface area contributed by atoms with Gasteiger partial charge in [-0.25, -0.2) is 17.6 Å². The molecule has 1 aliphatic heterocycles. The van der Waals surface area contributed by atoms with Crippen molar-refractivity contribution in [2.24, 2.45) is 5.10 Å². The van der Waals surface area contributed by atoms with Crippen LogP contribution < -0.4 is 14.2 Å². The number of carbonyl (C=O) groups is 1. The minimum absolute atomic E-state index is 0.0136. The number of aliphatic hydroxyl groups is 1. The van der Waals surface area contributed by atoms with E-state index in [9.17, 15) is 27.5 Å². The maximum absolute atomic E-state index is 13.4. The first-order chi connectivity index (χ1) is 13.7. The van der Waals surface area contributed by atoms with Gasteiger partial charge in [-0.05, 0) is 32.9 Å². The first kappa shape index (κ1) is 22.7. The first-order valence-corrected chi connectivity index (χ1v) is 8.96. The molecule has 11 heteroatoms. The molecule has 1 aromatic rings. The fourth-order valence-electron chi connectivity index (χ4n) is 2.74. The molecule has 0 saturated carbocycles. The van der Waals surface area contributed by atoms with E-state index in [4.69, 9.17) is 14.2 Å². The SMILES string of the molecule is CCOc1cc(C(=O)N2N=C(C(F)F)C[C@]2(O)C(F)F)cc(OCC)c1OCC. The third kappa shape index (κ3) is 4.55. The Hall–Kier alpha value is -2.56. The van der Waals surface area contributed by atoms with E-state index in [2.05, 4.69) is 5.10 Å². The largest absolute Gasteiger partial charge is 0.490 e. The summed E-state index contributed by atoms with van der Waals surface area (Å²) >= 11 is 0. The van der Waals surface area contributed by atoms with Crippen molar-refractivity contribution in [3.05, 3.63) is 17.7 Å². The quantitative estimate of drug-likeness (QED) is 0.618. The zero-order valence-corrected chi connectivity index (χ0v) is 16.1. The molecule has 0 bridgehead atoms. The molecule has 1 atom stereocenters. The van der Waals surface area contributed by atoms with Crippen molar-refractivity contribution in [2.75, 3.05) is 19.8 Å². The molecule has 1 N–H and O–H groups in total. The molecule has 0 saturated heterocycles. The Balaban J connectivity index is 2.55. The molecule has 0 aliphatic carbocycles. The van der Waals surface area contributed by atoms with Crippen molar-refractivity contribution in [3.63, 3.8) is 0 Å². The minimum atomic E-state index is -3.52. The summed E-state index contributed by atoms with van der Waals surface area (Å²) < 4.78 is 69.2. The van der Waals surface area contributed by atoms with Crippen LogP contribution in [0.5, 0.6) is 17.2 Å². The number of hydrazone groups is 1. The molecule has 0 fully saturated rings. The monoisotopic (exact) mass is 422 g/mol. The lowest BCUT2D eigenvalue weighted by Gasteiger charge is -2.30. The first-order valence-electron chi connectivity index (χ1n) is 8.96. The van der Waals surface area contributed by atoms with Gasteiger partial charge in [0.15, 0.2) is 11.5 Å². The van der Waals surface area contributed by atoms with Crippen molar-refractivity contribution >= 4 is 11.6 Å². The van der Waals surface area contributed by atoms with Crippen LogP contribution in [0.2, 0.25) is 0 Å². The summed E-state index contributed by atoms with van der Waals surface area (Å²) in [7, 11) is 0. The van der Waals surface area contributed by atoms with E-state index in [1.165, 1.54) is 12.1 Å². The standard InChI is InChI=1S/C18H22F4N2O5/c1-4-27-12-7-10(8-13(28-5-2)14(12)29-6-3)16(25)24-18(26,17(21)22)9-11(23-24)15(19)20/h7-8,15,17,26H,4-6,9H2,1-3H3/t18-/m0/s1. The van der Waals surface area contributed by atoms with E-state index in [1.807, 2.05) is 0 Å². The highest BCUT2D eigenvalue weighted by atomic mass is 19.3. The molecule has 0 spiro atoms. The lowest BCUT2D eigenvalue weighted by atomic mass is 10.1. The molecule has 1 aliphatic rings. The highest BCUT2D eigenvalue weighted by molar-refractivity contribution is 6.00. The summed E-state index contributed by atoms with van der Waals surface area (Å²) in [4.78, 5) is 12.8. The Labute approximate surface area is 164 Å². The number of benzene rings is 1. The molecule has 1 aromatic carbocycles. The van der Waals surface area contributed by atoms with Crippen LogP contribution in [0.1, 0.15) is 37.6 Å². The third-order valence-electron chi connectivity index (χ3n) is 3.99. The third-order valence-corrected chi connectivity index (χ3v) is 3.99. The van der Waals surface area contributed by atoms with E-state index in [-0.39, 0.29) is 47.6 Å². The molecule has 0 unspecified atom stereocenters. The van der Waals surface area contributed by atoms with Gasteiger partial charge in [-0.2, -0.15) is 10.1 Å². The second-order valence-electron chi connectivity index (χ2n) is 5.97. The van der Waals surface area contributed by atoms with Gasteiger partial charge < -0.3 is 19.3 Å². The van der Waals surface area contributed by atoms with E-state index < -0.39 is 36.6 Å². The van der Waals surface area contributed by atoms with E-state index in [0.717, 1.165) is 0 Å². The number of hydrogen-bond donors (Lipinski definition) is 1. The van der Waals surface area contributed by atoms with Crippen LogP contribution in [-0.2, 0) is 0 Å². The van der Waals surface area contributed by atoms with Crippen LogP contribution in [-0.4, -0.2) is 60.1 Å². The van der Waals surface area contributed by atoms with Gasteiger partial charge in [0, 0.05) is 12.0 Å². The lowest BCUT2D eigenvalue weighted by molar-refractivity contribution is -0.164. The Morgan fingerprint density at radius 1 is 1.10 bits per heavy atom. The smallest absolute Gasteiger partial charge is 0.287 e. The summed E-state index contributed by atoms with van der Waals surface area (Å²) in [5, 5.41) is 13.4. The summed E-state index contributed by atoms with van der Waals surface area (Å²) in [6, 6.07) is 2.39. The second kappa shape index (κ2) is 9.29. The van der Waals surface area contributed by atoms with Crippen LogP contribution >= 0.6 is 0 Å². The van der Waals surface area contributed by atoms with Crippen molar-refractivity contribution < 1.29 is 41.7 Å². The minimum Gasteiger partial charge on any atom is -0.490 e. The molecule has 1 heterocycles. The molecule has 29 heavy (non-hydrogen) atoms. The molecule has 0 radical (unpaired) electrons. The topological polar surface area (TPSA) is 80.6 Å². The molecular weight excluding hydrogens is 400 g/mol. The highest BCUT2D eigenvalue weighted by Gasteiger charge is 2.53. The van der Waals surface area contributed by atoms with E-state index in [1.54, 1.807) is 20.8 Å². The summed E-state index contributed by atoms with van der Waals surface area (Å²) in [5.41, 5.74) is -4.44.